The Hall–Kier alpha value is -0.0800. The van der Waals surface area contributed by atoms with Crippen molar-refractivity contribution in [2.45, 2.75) is 77.3 Å². The summed E-state index contributed by atoms with van der Waals surface area (Å²) >= 11 is 0. The van der Waals surface area contributed by atoms with Gasteiger partial charge in [0.05, 0.1) is 0 Å². The van der Waals surface area contributed by atoms with Crippen LogP contribution in [0.5, 0.6) is 0 Å². The van der Waals surface area contributed by atoms with Crippen molar-refractivity contribution in [2.24, 2.45) is 5.92 Å². The average molecular weight is 254 g/mol. The molecule has 108 valence electrons. The van der Waals surface area contributed by atoms with Crippen LogP contribution in [0.4, 0.5) is 0 Å². The first-order valence-corrected chi connectivity index (χ1v) is 7.86. The van der Waals surface area contributed by atoms with Gasteiger partial charge in [0.15, 0.2) is 0 Å². The molecule has 1 aliphatic carbocycles. The highest BCUT2D eigenvalue weighted by atomic mass is 15.2. The van der Waals surface area contributed by atoms with Gasteiger partial charge in [0.1, 0.15) is 0 Å². The molecule has 0 amide bonds. The molecule has 1 N–H and O–H groups in total. The summed E-state index contributed by atoms with van der Waals surface area (Å²) in [7, 11) is 4.35. The Morgan fingerprint density at radius 1 is 1.11 bits per heavy atom. The minimum atomic E-state index is 0.259. The van der Waals surface area contributed by atoms with Crippen LogP contribution in [0, 0.1) is 5.92 Å². The predicted octanol–water partition coefficient (Wildman–Crippen LogP) is 3.67. The number of likely N-dealkylation sites (N-methyl/N-ethyl adjacent to an activating group) is 1. The molecule has 0 saturated heterocycles. The van der Waals surface area contributed by atoms with E-state index < -0.39 is 0 Å². The molecule has 0 heterocycles. The summed E-state index contributed by atoms with van der Waals surface area (Å²) in [6.07, 6.45) is 9.88. The molecule has 1 fully saturated rings. The molecule has 1 rings (SSSR count). The van der Waals surface area contributed by atoms with E-state index in [9.17, 15) is 0 Å². The Labute approximate surface area is 115 Å². The first-order valence-electron chi connectivity index (χ1n) is 7.86. The summed E-state index contributed by atoms with van der Waals surface area (Å²) in [5.74, 6) is 1.00. The quantitative estimate of drug-likeness (QED) is 0.728. The Morgan fingerprint density at radius 3 is 2.44 bits per heavy atom. The first kappa shape index (κ1) is 16.0. The molecule has 1 saturated carbocycles. The van der Waals surface area contributed by atoms with E-state index in [1.54, 1.807) is 0 Å². The van der Waals surface area contributed by atoms with Crippen LogP contribution in [0.15, 0.2) is 0 Å². The van der Waals surface area contributed by atoms with Gasteiger partial charge in [-0.05, 0) is 53.1 Å². The van der Waals surface area contributed by atoms with Crippen LogP contribution >= 0.6 is 0 Å². The lowest BCUT2D eigenvalue weighted by Crippen LogP contribution is -2.49. The molecule has 1 aliphatic rings. The molecule has 2 heteroatoms. The zero-order valence-corrected chi connectivity index (χ0v) is 13.3. The number of hydrogen-bond acceptors (Lipinski definition) is 2. The Kier molecular flexibility index (Phi) is 6.65. The summed E-state index contributed by atoms with van der Waals surface area (Å²) < 4.78 is 0. The van der Waals surface area contributed by atoms with Crippen molar-refractivity contribution in [3.05, 3.63) is 0 Å². The van der Waals surface area contributed by atoms with Crippen LogP contribution in [-0.2, 0) is 0 Å². The molecule has 0 aromatic carbocycles. The fraction of sp³-hybridized carbons (Fsp3) is 1.00. The van der Waals surface area contributed by atoms with Crippen molar-refractivity contribution in [3.8, 4) is 0 Å². The van der Waals surface area contributed by atoms with Crippen molar-refractivity contribution in [1.82, 2.24) is 10.2 Å². The van der Waals surface area contributed by atoms with Gasteiger partial charge in [-0.15, -0.1) is 0 Å². The number of nitrogens with zero attached hydrogens (tertiary/aromatic N) is 1. The van der Waals surface area contributed by atoms with Crippen LogP contribution < -0.4 is 5.32 Å². The average Bonchev–Trinajstić information content (AvgIpc) is 2.52. The Bertz CT molecular complexity index is 223. The van der Waals surface area contributed by atoms with Crippen molar-refractivity contribution < 1.29 is 0 Å². The third-order valence-electron chi connectivity index (χ3n) is 4.82. The predicted molar refractivity (Wildman–Crippen MR) is 81.0 cm³/mol. The highest BCUT2D eigenvalue weighted by molar-refractivity contribution is 4.83. The summed E-state index contributed by atoms with van der Waals surface area (Å²) in [5, 5.41) is 3.80. The maximum Gasteiger partial charge on any atom is 0.0271 e. The first-order chi connectivity index (χ1) is 8.45. The topological polar surface area (TPSA) is 15.3 Å². The van der Waals surface area contributed by atoms with Gasteiger partial charge >= 0.3 is 0 Å². The standard InChI is InChI=1S/C16H34N2/c1-6-8-14-9-7-10-15(12-11-14)17-13-16(2,3)18(4)5/h14-15,17H,6-13H2,1-5H3. The largest absolute Gasteiger partial charge is 0.312 e. The molecule has 2 atom stereocenters. The second kappa shape index (κ2) is 7.49. The number of hydrogen-bond donors (Lipinski definition) is 1. The molecule has 0 aliphatic heterocycles. The Balaban J connectivity index is 2.31. The lowest BCUT2D eigenvalue weighted by atomic mass is 9.95. The molecule has 0 aromatic heterocycles. The highest BCUT2D eigenvalue weighted by Crippen LogP contribution is 2.26. The van der Waals surface area contributed by atoms with E-state index >= 15 is 0 Å². The second-order valence-electron chi connectivity index (χ2n) is 6.95. The van der Waals surface area contributed by atoms with Gasteiger partial charge in [0.2, 0.25) is 0 Å². The van der Waals surface area contributed by atoms with E-state index in [0.29, 0.717) is 0 Å². The van der Waals surface area contributed by atoms with Gasteiger partial charge in [0, 0.05) is 18.1 Å². The molecule has 2 nitrogen and oxygen atoms in total. The maximum atomic E-state index is 3.80. The molecule has 0 spiro atoms. The minimum absolute atomic E-state index is 0.259. The van der Waals surface area contributed by atoms with Crippen molar-refractivity contribution >= 4 is 0 Å². The molecule has 0 radical (unpaired) electrons. The van der Waals surface area contributed by atoms with E-state index in [2.05, 4.69) is 45.1 Å². The molecule has 0 bridgehead atoms. The van der Waals surface area contributed by atoms with E-state index in [-0.39, 0.29) is 5.54 Å². The lowest BCUT2D eigenvalue weighted by Gasteiger charge is -2.34. The van der Waals surface area contributed by atoms with Crippen molar-refractivity contribution in [3.63, 3.8) is 0 Å². The van der Waals surface area contributed by atoms with Gasteiger partial charge < -0.3 is 10.2 Å². The third kappa shape index (κ3) is 5.27. The third-order valence-corrected chi connectivity index (χ3v) is 4.82. The second-order valence-corrected chi connectivity index (χ2v) is 6.95. The fourth-order valence-corrected chi connectivity index (χ4v) is 2.83. The van der Waals surface area contributed by atoms with Gasteiger partial charge in [-0.1, -0.05) is 32.6 Å². The minimum Gasteiger partial charge on any atom is -0.312 e. The van der Waals surface area contributed by atoms with Crippen molar-refractivity contribution in [1.29, 1.82) is 0 Å². The van der Waals surface area contributed by atoms with E-state index in [1.165, 1.54) is 44.9 Å². The monoisotopic (exact) mass is 254 g/mol. The lowest BCUT2D eigenvalue weighted by molar-refractivity contribution is 0.182. The van der Waals surface area contributed by atoms with Crippen LogP contribution in [0.2, 0.25) is 0 Å². The van der Waals surface area contributed by atoms with Crippen LogP contribution in [0.3, 0.4) is 0 Å². The summed E-state index contributed by atoms with van der Waals surface area (Å²) in [5.41, 5.74) is 0.259. The molecular formula is C16H34N2. The van der Waals surface area contributed by atoms with Gasteiger partial charge in [-0.25, -0.2) is 0 Å². The highest BCUT2D eigenvalue weighted by Gasteiger charge is 2.23. The van der Waals surface area contributed by atoms with Crippen LogP contribution in [-0.4, -0.2) is 37.1 Å². The van der Waals surface area contributed by atoms with Gasteiger partial charge in [-0.3, -0.25) is 0 Å². The van der Waals surface area contributed by atoms with Crippen LogP contribution in [0.1, 0.15) is 65.7 Å². The zero-order valence-electron chi connectivity index (χ0n) is 13.3. The molecule has 0 aromatic rings. The fourth-order valence-electron chi connectivity index (χ4n) is 2.83. The molecular weight excluding hydrogens is 220 g/mol. The summed E-state index contributed by atoms with van der Waals surface area (Å²) in [6, 6.07) is 0.756. The van der Waals surface area contributed by atoms with Gasteiger partial charge in [0.25, 0.3) is 0 Å². The number of rotatable bonds is 6. The van der Waals surface area contributed by atoms with E-state index in [4.69, 9.17) is 0 Å². The van der Waals surface area contributed by atoms with Crippen LogP contribution in [0.25, 0.3) is 0 Å². The number of nitrogens with one attached hydrogen (secondary N) is 1. The molecule has 18 heavy (non-hydrogen) atoms. The maximum absolute atomic E-state index is 3.80. The SMILES string of the molecule is CCCC1CCCC(NCC(C)(C)N(C)C)CC1. The van der Waals surface area contributed by atoms with Gasteiger partial charge in [-0.2, -0.15) is 0 Å². The Morgan fingerprint density at radius 2 is 1.83 bits per heavy atom. The van der Waals surface area contributed by atoms with E-state index in [0.717, 1.165) is 18.5 Å². The summed E-state index contributed by atoms with van der Waals surface area (Å²) in [4.78, 5) is 2.32. The molecule has 2 unspecified atom stereocenters. The normalized spacial score (nSPS) is 26.3. The van der Waals surface area contributed by atoms with Crippen molar-refractivity contribution in [2.75, 3.05) is 20.6 Å². The smallest absolute Gasteiger partial charge is 0.0271 e. The summed E-state index contributed by atoms with van der Waals surface area (Å²) in [6.45, 7) is 8.05. The zero-order chi connectivity index (χ0) is 13.6. The van der Waals surface area contributed by atoms with E-state index in [1.807, 2.05) is 0 Å².